The first-order valence-corrected chi connectivity index (χ1v) is 8.31. The van der Waals surface area contributed by atoms with Crippen LogP contribution in [0.5, 0.6) is 11.5 Å². The number of rotatable bonds is 10. The van der Waals surface area contributed by atoms with Gasteiger partial charge >= 0.3 is 0 Å². The summed E-state index contributed by atoms with van der Waals surface area (Å²) < 4.78 is 10.9. The van der Waals surface area contributed by atoms with Crippen molar-refractivity contribution in [3.8, 4) is 11.5 Å². The minimum absolute atomic E-state index is 0.00710. The summed E-state index contributed by atoms with van der Waals surface area (Å²) in [5.41, 5.74) is 1.13. The molecule has 0 aromatic heterocycles. The van der Waals surface area contributed by atoms with Crippen LogP contribution in [-0.2, 0) is 11.3 Å². The highest BCUT2D eigenvalue weighted by atomic mass is 16.5. The van der Waals surface area contributed by atoms with E-state index in [-0.39, 0.29) is 12.5 Å². The van der Waals surface area contributed by atoms with Gasteiger partial charge in [0.2, 0.25) is 0 Å². The van der Waals surface area contributed by atoms with E-state index in [0.717, 1.165) is 18.5 Å². The van der Waals surface area contributed by atoms with E-state index >= 15 is 0 Å². The lowest BCUT2D eigenvalue weighted by Crippen LogP contribution is -2.31. The van der Waals surface area contributed by atoms with Crippen LogP contribution in [0.1, 0.15) is 39.7 Å². The number of amides is 1. The highest BCUT2D eigenvalue weighted by Gasteiger charge is 2.11. The molecule has 0 saturated carbocycles. The van der Waals surface area contributed by atoms with E-state index in [9.17, 15) is 4.79 Å². The van der Waals surface area contributed by atoms with Gasteiger partial charge in [0.1, 0.15) is 0 Å². The SMILES string of the molecule is CCNC(=O)COc1ccc(CNC(C)C(C)CC)cc1OC. The monoisotopic (exact) mass is 322 g/mol. The summed E-state index contributed by atoms with van der Waals surface area (Å²) in [6.45, 7) is 9.89. The molecule has 23 heavy (non-hydrogen) atoms. The molecular formula is C18H30N2O3. The molecule has 130 valence electrons. The van der Waals surface area contributed by atoms with E-state index in [1.165, 1.54) is 0 Å². The summed E-state index contributed by atoms with van der Waals surface area (Å²) in [5.74, 6) is 1.72. The first-order valence-electron chi connectivity index (χ1n) is 8.31. The molecule has 0 saturated heterocycles. The Morgan fingerprint density at radius 1 is 1.22 bits per heavy atom. The number of likely N-dealkylation sites (N-methyl/N-ethyl adjacent to an activating group) is 1. The zero-order valence-corrected chi connectivity index (χ0v) is 14.9. The zero-order chi connectivity index (χ0) is 17.2. The second kappa shape index (κ2) is 10.1. The van der Waals surface area contributed by atoms with Crippen LogP contribution < -0.4 is 20.1 Å². The van der Waals surface area contributed by atoms with Crippen molar-refractivity contribution in [1.82, 2.24) is 10.6 Å². The van der Waals surface area contributed by atoms with Crippen LogP contribution in [0.4, 0.5) is 0 Å². The lowest BCUT2D eigenvalue weighted by atomic mass is 10.0. The summed E-state index contributed by atoms with van der Waals surface area (Å²) in [7, 11) is 1.60. The molecule has 0 fully saturated rings. The first kappa shape index (κ1) is 19.3. The lowest BCUT2D eigenvalue weighted by Gasteiger charge is -2.20. The average Bonchev–Trinajstić information content (AvgIpc) is 2.57. The van der Waals surface area contributed by atoms with Gasteiger partial charge in [0.05, 0.1) is 7.11 Å². The van der Waals surface area contributed by atoms with Crippen molar-refractivity contribution in [1.29, 1.82) is 0 Å². The van der Waals surface area contributed by atoms with Crippen molar-refractivity contribution in [3.05, 3.63) is 23.8 Å². The van der Waals surface area contributed by atoms with Crippen molar-refractivity contribution in [2.24, 2.45) is 5.92 Å². The van der Waals surface area contributed by atoms with Gasteiger partial charge in [-0.1, -0.05) is 26.3 Å². The Kier molecular flexibility index (Phi) is 8.48. The molecule has 0 aliphatic rings. The van der Waals surface area contributed by atoms with Crippen LogP contribution in [0.15, 0.2) is 18.2 Å². The normalized spacial score (nSPS) is 13.3. The maximum atomic E-state index is 11.5. The molecule has 1 aromatic rings. The Labute approximate surface area is 139 Å². The summed E-state index contributed by atoms with van der Waals surface area (Å²) in [4.78, 5) is 11.5. The second-order valence-corrected chi connectivity index (χ2v) is 5.78. The van der Waals surface area contributed by atoms with Crippen LogP contribution in [0.25, 0.3) is 0 Å². The summed E-state index contributed by atoms with van der Waals surface area (Å²) in [5, 5.41) is 6.23. The molecule has 0 aliphatic heterocycles. The number of nitrogens with one attached hydrogen (secondary N) is 2. The Hall–Kier alpha value is -1.75. The number of benzene rings is 1. The van der Waals surface area contributed by atoms with Gasteiger partial charge < -0.3 is 20.1 Å². The molecule has 2 atom stereocenters. The third-order valence-corrected chi connectivity index (χ3v) is 4.09. The van der Waals surface area contributed by atoms with Crippen LogP contribution in [0, 0.1) is 5.92 Å². The molecule has 0 bridgehead atoms. The number of hydrogen-bond donors (Lipinski definition) is 2. The maximum Gasteiger partial charge on any atom is 0.257 e. The van der Waals surface area contributed by atoms with Crippen molar-refractivity contribution in [2.75, 3.05) is 20.3 Å². The first-order chi connectivity index (χ1) is 11.0. The average molecular weight is 322 g/mol. The third-order valence-electron chi connectivity index (χ3n) is 4.09. The molecule has 5 nitrogen and oxygen atoms in total. The van der Waals surface area contributed by atoms with E-state index in [2.05, 4.69) is 31.4 Å². The van der Waals surface area contributed by atoms with Crippen molar-refractivity contribution >= 4 is 5.91 Å². The Morgan fingerprint density at radius 3 is 2.57 bits per heavy atom. The van der Waals surface area contributed by atoms with Gasteiger partial charge in [-0.05, 0) is 37.5 Å². The standard InChI is InChI=1S/C18H30N2O3/c1-6-13(3)14(4)20-11-15-8-9-16(17(10-15)22-5)23-12-18(21)19-7-2/h8-10,13-14,20H,6-7,11-12H2,1-5H3,(H,19,21). The smallest absolute Gasteiger partial charge is 0.257 e. The minimum Gasteiger partial charge on any atom is -0.493 e. The Balaban J connectivity index is 2.63. The molecule has 1 rings (SSSR count). The van der Waals surface area contributed by atoms with E-state index in [1.807, 2.05) is 25.1 Å². The molecule has 0 radical (unpaired) electrons. The van der Waals surface area contributed by atoms with Gasteiger partial charge in [0.25, 0.3) is 5.91 Å². The molecule has 0 heterocycles. The predicted octanol–water partition coefficient (Wildman–Crippen LogP) is 2.73. The van der Waals surface area contributed by atoms with Gasteiger partial charge in [-0.2, -0.15) is 0 Å². The van der Waals surface area contributed by atoms with Gasteiger partial charge in [-0.3, -0.25) is 4.79 Å². The van der Waals surface area contributed by atoms with E-state index < -0.39 is 0 Å². The molecule has 0 aliphatic carbocycles. The molecule has 2 N–H and O–H groups in total. The fourth-order valence-electron chi connectivity index (χ4n) is 2.17. The fraction of sp³-hybridized carbons (Fsp3) is 0.611. The van der Waals surface area contributed by atoms with E-state index in [1.54, 1.807) is 7.11 Å². The van der Waals surface area contributed by atoms with Crippen LogP contribution in [0.2, 0.25) is 0 Å². The highest BCUT2D eigenvalue weighted by Crippen LogP contribution is 2.28. The molecule has 2 unspecified atom stereocenters. The van der Waals surface area contributed by atoms with Crippen molar-refractivity contribution in [3.63, 3.8) is 0 Å². The Morgan fingerprint density at radius 2 is 1.96 bits per heavy atom. The second-order valence-electron chi connectivity index (χ2n) is 5.78. The summed E-state index contributed by atoms with van der Waals surface area (Å²) >= 11 is 0. The van der Waals surface area contributed by atoms with Gasteiger partial charge in [0.15, 0.2) is 18.1 Å². The number of carbonyl (C=O) groups is 1. The van der Waals surface area contributed by atoms with Crippen molar-refractivity contribution < 1.29 is 14.3 Å². The molecule has 1 amide bonds. The molecule has 1 aromatic carbocycles. The van der Waals surface area contributed by atoms with Gasteiger partial charge in [0, 0.05) is 19.1 Å². The van der Waals surface area contributed by atoms with Gasteiger partial charge in [-0.15, -0.1) is 0 Å². The summed E-state index contributed by atoms with van der Waals surface area (Å²) in [6.07, 6.45) is 1.16. The molecule has 0 spiro atoms. The van der Waals surface area contributed by atoms with Crippen LogP contribution in [0.3, 0.4) is 0 Å². The number of carbonyl (C=O) groups excluding carboxylic acids is 1. The molecular weight excluding hydrogens is 292 g/mol. The Bertz CT molecular complexity index is 491. The number of ether oxygens (including phenoxy) is 2. The highest BCUT2D eigenvalue weighted by molar-refractivity contribution is 5.77. The van der Waals surface area contributed by atoms with Gasteiger partial charge in [-0.25, -0.2) is 0 Å². The van der Waals surface area contributed by atoms with Crippen LogP contribution in [-0.4, -0.2) is 32.2 Å². The molecule has 5 heteroatoms. The van der Waals surface area contributed by atoms with Crippen LogP contribution >= 0.6 is 0 Å². The van der Waals surface area contributed by atoms with E-state index in [4.69, 9.17) is 9.47 Å². The lowest BCUT2D eigenvalue weighted by molar-refractivity contribution is -0.123. The topological polar surface area (TPSA) is 59.6 Å². The summed E-state index contributed by atoms with van der Waals surface area (Å²) in [6, 6.07) is 6.25. The number of hydrogen-bond acceptors (Lipinski definition) is 4. The quantitative estimate of drug-likeness (QED) is 0.695. The predicted molar refractivity (Wildman–Crippen MR) is 92.9 cm³/mol. The minimum atomic E-state index is -0.136. The fourth-order valence-corrected chi connectivity index (χ4v) is 2.17. The van der Waals surface area contributed by atoms with Crippen molar-refractivity contribution in [2.45, 2.75) is 46.7 Å². The zero-order valence-electron chi connectivity index (χ0n) is 14.9. The van der Waals surface area contributed by atoms with E-state index in [0.29, 0.717) is 30.0 Å². The number of methoxy groups -OCH3 is 1. The largest absolute Gasteiger partial charge is 0.493 e. The third kappa shape index (κ3) is 6.48. The maximum absolute atomic E-state index is 11.5.